The van der Waals surface area contributed by atoms with E-state index >= 15 is 0 Å². The van der Waals surface area contributed by atoms with Gasteiger partial charge in [-0.05, 0) is 26.2 Å². The van der Waals surface area contributed by atoms with Crippen molar-refractivity contribution in [2.45, 2.75) is 51.9 Å². The van der Waals surface area contributed by atoms with Crippen LogP contribution in [0.25, 0.3) is 0 Å². The Labute approximate surface area is 88.6 Å². The van der Waals surface area contributed by atoms with Gasteiger partial charge in [-0.15, -0.1) is 0 Å². The van der Waals surface area contributed by atoms with Crippen LogP contribution in [0, 0.1) is 0 Å². The van der Waals surface area contributed by atoms with Gasteiger partial charge in [0, 0.05) is 12.2 Å². The summed E-state index contributed by atoms with van der Waals surface area (Å²) in [6.07, 6.45) is -0.526. The molecule has 0 rings (SSSR count). The SMILES string of the molecule is CCC(=O)SCCC(F)CCC(C)F. The van der Waals surface area contributed by atoms with Gasteiger partial charge in [0.2, 0.25) is 0 Å². The third-order valence-electron chi connectivity index (χ3n) is 1.86. The summed E-state index contributed by atoms with van der Waals surface area (Å²) < 4.78 is 25.4. The summed E-state index contributed by atoms with van der Waals surface area (Å²) in [5.74, 6) is 0.508. The molecule has 0 N–H and O–H groups in total. The molecule has 0 fully saturated rings. The molecule has 0 aromatic heterocycles. The van der Waals surface area contributed by atoms with Gasteiger partial charge in [0.05, 0.1) is 6.17 Å². The Hall–Kier alpha value is -0.120. The molecule has 0 aliphatic rings. The van der Waals surface area contributed by atoms with Crippen LogP contribution in [0.3, 0.4) is 0 Å². The number of carbonyl (C=O) groups is 1. The van der Waals surface area contributed by atoms with Crippen molar-refractivity contribution in [3.05, 3.63) is 0 Å². The Morgan fingerprint density at radius 1 is 1.29 bits per heavy atom. The molecular weight excluding hydrogens is 206 g/mol. The molecule has 0 amide bonds. The van der Waals surface area contributed by atoms with Gasteiger partial charge in [0.25, 0.3) is 0 Å². The second-order valence-corrected chi connectivity index (χ2v) is 4.47. The average molecular weight is 224 g/mol. The molecule has 0 radical (unpaired) electrons. The van der Waals surface area contributed by atoms with Crippen molar-refractivity contribution in [3.8, 4) is 0 Å². The standard InChI is InChI=1S/C10H18F2OS/c1-3-10(13)14-7-6-9(12)5-4-8(2)11/h8-9H,3-7H2,1-2H3. The lowest BCUT2D eigenvalue weighted by Crippen LogP contribution is -2.06. The van der Waals surface area contributed by atoms with E-state index in [2.05, 4.69) is 0 Å². The van der Waals surface area contributed by atoms with Crippen molar-refractivity contribution in [1.29, 1.82) is 0 Å². The molecular formula is C10H18F2OS. The van der Waals surface area contributed by atoms with E-state index in [1.165, 1.54) is 18.7 Å². The molecule has 0 aliphatic carbocycles. The van der Waals surface area contributed by atoms with Crippen LogP contribution in [-0.4, -0.2) is 23.2 Å². The number of halogens is 2. The lowest BCUT2D eigenvalue weighted by molar-refractivity contribution is -0.110. The summed E-state index contributed by atoms with van der Waals surface area (Å²) in [6.45, 7) is 3.22. The minimum absolute atomic E-state index is 0.0936. The van der Waals surface area contributed by atoms with Crippen LogP contribution in [0.15, 0.2) is 0 Å². The first-order chi connectivity index (χ1) is 6.56. The predicted molar refractivity (Wildman–Crippen MR) is 57.1 cm³/mol. The first kappa shape index (κ1) is 13.9. The maximum absolute atomic E-state index is 13.0. The van der Waals surface area contributed by atoms with Crippen LogP contribution in [0.5, 0.6) is 0 Å². The summed E-state index contributed by atoms with van der Waals surface area (Å²) in [5.41, 5.74) is 0. The highest BCUT2D eigenvalue weighted by atomic mass is 32.2. The van der Waals surface area contributed by atoms with Crippen molar-refractivity contribution >= 4 is 16.9 Å². The van der Waals surface area contributed by atoms with E-state index in [-0.39, 0.29) is 18.0 Å². The molecule has 2 atom stereocenters. The van der Waals surface area contributed by atoms with Crippen LogP contribution >= 0.6 is 11.8 Å². The van der Waals surface area contributed by atoms with Gasteiger partial charge in [-0.1, -0.05) is 18.7 Å². The average Bonchev–Trinajstić information content (AvgIpc) is 2.14. The van der Waals surface area contributed by atoms with Crippen LogP contribution in [0.1, 0.15) is 39.5 Å². The fourth-order valence-electron chi connectivity index (χ4n) is 0.958. The van der Waals surface area contributed by atoms with Crippen LogP contribution in [-0.2, 0) is 4.79 Å². The summed E-state index contributed by atoms with van der Waals surface area (Å²) in [7, 11) is 0. The summed E-state index contributed by atoms with van der Waals surface area (Å²) in [6, 6.07) is 0. The molecule has 14 heavy (non-hydrogen) atoms. The van der Waals surface area contributed by atoms with E-state index < -0.39 is 12.3 Å². The molecule has 2 unspecified atom stereocenters. The Kier molecular flexibility index (Phi) is 8.14. The highest BCUT2D eigenvalue weighted by Crippen LogP contribution is 2.15. The molecule has 1 nitrogen and oxygen atoms in total. The van der Waals surface area contributed by atoms with Crippen molar-refractivity contribution in [2.75, 3.05) is 5.75 Å². The van der Waals surface area contributed by atoms with E-state index in [0.717, 1.165) is 0 Å². The Morgan fingerprint density at radius 2 is 1.93 bits per heavy atom. The molecule has 84 valence electrons. The lowest BCUT2D eigenvalue weighted by Gasteiger charge is -2.07. The number of hydrogen-bond acceptors (Lipinski definition) is 2. The smallest absolute Gasteiger partial charge is 0.188 e. The maximum Gasteiger partial charge on any atom is 0.188 e. The minimum atomic E-state index is -0.967. The predicted octanol–water partition coefficient (Wildman–Crippen LogP) is 3.52. The molecule has 0 spiro atoms. The Bertz CT molecular complexity index is 162. The van der Waals surface area contributed by atoms with Crippen LogP contribution < -0.4 is 0 Å². The normalized spacial score (nSPS) is 15.1. The molecule has 0 heterocycles. The highest BCUT2D eigenvalue weighted by Gasteiger charge is 2.09. The van der Waals surface area contributed by atoms with Crippen molar-refractivity contribution in [3.63, 3.8) is 0 Å². The van der Waals surface area contributed by atoms with Crippen LogP contribution in [0.4, 0.5) is 8.78 Å². The molecule has 0 saturated heterocycles. The van der Waals surface area contributed by atoms with Gasteiger partial charge in [0.1, 0.15) is 6.17 Å². The maximum atomic E-state index is 13.0. The zero-order valence-electron chi connectivity index (χ0n) is 8.76. The second-order valence-electron chi connectivity index (χ2n) is 3.32. The second kappa shape index (κ2) is 8.21. The van der Waals surface area contributed by atoms with Gasteiger partial charge in [-0.25, -0.2) is 8.78 Å². The van der Waals surface area contributed by atoms with E-state index in [0.29, 0.717) is 18.6 Å². The van der Waals surface area contributed by atoms with Crippen molar-refractivity contribution in [1.82, 2.24) is 0 Å². The van der Waals surface area contributed by atoms with Crippen molar-refractivity contribution < 1.29 is 13.6 Å². The fraction of sp³-hybridized carbons (Fsp3) is 0.900. The van der Waals surface area contributed by atoms with Gasteiger partial charge >= 0.3 is 0 Å². The van der Waals surface area contributed by atoms with E-state index in [4.69, 9.17) is 0 Å². The number of alkyl halides is 2. The van der Waals surface area contributed by atoms with E-state index in [1.54, 1.807) is 6.92 Å². The van der Waals surface area contributed by atoms with Crippen LogP contribution in [0.2, 0.25) is 0 Å². The fourth-order valence-corrected chi connectivity index (χ4v) is 1.76. The number of thioether (sulfide) groups is 1. The van der Waals surface area contributed by atoms with Gasteiger partial charge in [-0.3, -0.25) is 4.79 Å². The zero-order chi connectivity index (χ0) is 11.0. The Morgan fingerprint density at radius 3 is 2.43 bits per heavy atom. The summed E-state index contributed by atoms with van der Waals surface area (Å²) >= 11 is 1.17. The molecule has 4 heteroatoms. The lowest BCUT2D eigenvalue weighted by atomic mass is 10.1. The molecule has 0 saturated carbocycles. The first-order valence-electron chi connectivity index (χ1n) is 5.00. The number of rotatable bonds is 7. The van der Waals surface area contributed by atoms with Gasteiger partial charge < -0.3 is 0 Å². The quantitative estimate of drug-likeness (QED) is 0.658. The third-order valence-corrected chi connectivity index (χ3v) is 2.91. The zero-order valence-corrected chi connectivity index (χ0v) is 9.58. The third kappa shape index (κ3) is 8.48. The van der Waals surface area contributed by atoms with Gasteiger partial charge in [-0.2, -0.15) is 0 Å². The topological polar surface area (TPSA) is 17.1 Å². The highest BCUT2D eigenvalue weighted by molar-refractivity contribution is 8.13. The minimum Gasteiger partial charge on any atom is -0.287 e. The monoisotopic (exact) mass is 224 g/mol. The molecule has 0 aromatic rings. The largest absolute Gasteiger partial charge is 0.287 e. The number of hydrogen-bond donors (Lipinski definition) is 0. The summed E-state index contributed by atoms with van der Waals surface area (Å²) in [5, 5.41) is 0.0936. The first-order valence-corrected chi connectivity index (χ1v) is 5.98. The summed E-state index contributed by atoms with van der Waals surface area (Å²) in [4.78, 5) is 10.8. The Balaban J connectivity index is 3.35. The van der Waals surface area contributed by atoms with Crippen molar-refractivity contribution in [2.24, 2.45) is 0 Å². The molecule has 0 bridgehead atoms. The van der Waals surface area contributed by atoms with Gasteiger partial charge in [0.15, 0.2) is 5.12 Å². The van der Waals surface area contributed by atoms with E-state index in [1.807, 2.05) is 0 Å². The molecule has 0 aromatic carbocycles. The number of carbonyl (C=O) groups excluding carboxylic acids is 1. The van der Waals surface area contributed by atoms with E-state index in [9.17, 15) is 13.6 Å². The molecule has 0 aliphatic heterocycles.